The van der Waals surface area contributed by atoms with Gasteiger partial charge in [0.2, 0.25) is 27.6 Å². The summed E-state index contributed by atoms with van der Waals surface area (Å²) in [6.07, 6.45) is 0.416. The molecule has 12 heteroatoms. The first kappa shape index (κ1) is 25.6. The largest absolute Gasteiger partial charge is 0.497 e. The van der Waals surface area contributed by atoms with Crippen molar-refractivity contribution in [2.24, 2.45) is 0 Å². The van der Waals surface area contributed by atoms with Crippen molar-refractivity contribution < 1.29 is 31.9 Å². The van der Waals surface area contributed by atoms with Gasteiger partial charge in [-0.1, -0.05) is 5.16 Å². The lowest BCUT2D eigenvalue weighted by molar-refractivity contribution is -0.121. The third kappa shape index (κ3) is 6.01. The minimum Gasteiger partial charge on any atom is -0.497 e. The van der Waals surface area contributed by atoms with Gasteiger partial charge in [0.1, 0.15) is 11.5 Å². The number of carbonyl (C=O) groups is 1. The standard InChI is InChI=1S/C24H28N4O7S/c1-32-19-6-3-17(4-7-19)24-26-23(35-27-24)16-25-22(29)10-5-18-15-20(8-9-21(18)33-2)36(30,31)28-11-13-34-14-12-28/h3-4,6-9,15H,5,10-14,16H2,1-2H3,(H,25,29). The van der Waals surface area contributed by atoms with Crippen LogP contribution in [0.4, 0.5) is 0 Å². The maximum absolute atomic E-state index is 13.0. The van der Waals surface area contributed by atoms with Gasteiger partial charge in [0.25, 0.3) is 0 Å². The van der Waals surface area contributed by atoms with Gasteiger partial charge in [0.05, 0.1) is 38.9 Å². The predicted molar refractivity (Wildman–Crippen MR) is 129 cm³/mol. The van der Waals surface area contributed by atoms with Crippen LogP contribution < -0.4 is 14.8 Å². The molecule has 4 rings (SSSR count). The van der Waals surface area contributed by atoms with Crippen LogP contribution in [-0.4, -0.2) is 69.3 Å². The van der Waals surface area contributed by atoms with E-state index in [0.29, 0.717) is 49.9 Å². The zero-order valence-electron chi connectivity index (χ0n) is 20.1. The van der Waals surface area contributed by atoms with Crippen LogP contribution in [0.2, 0.25) is 0 Å². The summed E-state index contributed by atoms with van der Waals surface area (Å²) in [4.78, 5) is 16.9. The van der Waals surface area contributed by atoms with Gasteiger partial charge in [0, 0.05) is 25.1 Å². The van der Waals surface area contributed by atoms with Gasteiger partial charge in [-0.25, -0.2) is 8.42 Å². The summed E-state index contributed by atoms with van der Waals surface area (Å²) < 4.78 is 48.4. The summed E-state index contributed by atoms with van der Waals surface area (Å²) in [5.41, 5.74) is 1.39. The molecule has 3 aromatic rings. The fourth-order valence-corrected chi connectivity index (χ4v) is 5.20. The van der Waals surface area contributed by atoms with Crippen LogP contribution in [0.25, 0.3) is 11.4 Å². The molecule has 1 fully saturated rings. The molecule has 1 aliphatic rings. The van der Waals surface area contributed by atoms with E-state index in [-0.39, 0.29) is 29.7 Å². The maximum Gasteiger partial charge on any atom is 0.246 e. The maximum atomic E-state index is 13.0. The summed E-state index contributed by atoms with van der Waals surface area (Å²) in [5, 5.41) is 6.69. The van der Waals surface area contributed by atoms with Gasteiger partial charge in [-0.2, -0.15) is 9.29 Å². The van der Waals surface area contributed by atoms with E-state index < -0.39 is 10.0 Å². The predicted octanol–water partition coefficient (Wildman–Crippen LogP) is 2.02. The second-order valence-corrected chi connectivity index (χ2v) is 9.95. The summed E-state index contributed by atoms with van der Waals surface area (Å²) in [7, 11) is -0.564. The van der Waals surface area contributed by atoms with E-state index in [2.05, 4.69) is 15.5 Å². The molecule has 0 atom stereocenters. The number of carbonyl (C=O) groups excluding carboxylic acids is 1. The van der Waals surface area contributed by atoms with Crippen molar-refractivity contribution in [3.63, 3.8) is 0 Å². The van der Waals surface area contributed by atoms with E-state index >= 15 is 0 Å². The Bertz CT molecular complexity index is 1290. The van der Waals surface area contributed by atoms with Crippen molar-refractivity contribution in [3.05, 3.63) is 53.9 Å². The Balaban J connectivity index is 1.35. The first-order chi connectivity index (χ1) is 17.4. The number of rotatable bonds is 10. The summed E-state index contributed by atoms with van der Waals surface area (Å²) in [6.45, 7) is 1.42. The van der Waals surface area contributed by atoms with Gasteiger partial charge < -0.3 is 24.1 Å². The zero-order chi connectivity index (χ0) is 25.5. The highest BCUT2D eigenvalue weighted by Gasteiger charge is 2.27. The molecule has 2 heterocycles. The first-order valence-electron chi connectivity index (χ1n) is 11.4. The molecule has 11 nitrogen and oxygen atoms in total. The van der Waals surface area contributed by atoms with Crippen molar-refractivity contribution in [2.45, 2.75) is 24.3 Å². The Labute approximate surface area is 209 Å². The number of hydrogen-bond acceptors (Lipinski definition) is 9. The molecule has 0 radical (unpaired) electrons. The minimum absolute atomic E-state index is 0.0740. The molecular weight excluding hydrogens is 488 g/mol. The van der Waals surface area contributed by atoms with Crippen molar-refractivity contribution in [1.29, 1.82) is 0 Å². The van der Waals surface area contributed by atoms with Crippen LogP contribution in [-0.2, 0) is 32.5 Å². The number of aryl methyl sites for hydroxylation is 1. The topological polar surface area (TPSA) is 133 Å². The van der Waals surface area contributed by atoms with Gasteiger partial charge in [-0.15, -0.1) is 0 Å². The average Bonchev–Trinajstić information content (AvgIpc) is 3.40. The number of methoxy groups -OCH3 is 2. The van der Waals surface area contributed by atoms with E-state index in [9.17, 15) is 13.2 Å². The van der Waals surface area contributed by atoms with Crippen LogP contribution in [0.15, 0.2) is 51.9 Å². The van der Waals surface area contributed by atoms with E-state index in [0.717, 1.165) is 11.3 Å². The number of ether oxygens (including phenoxy) is 3. The molecule has 36 heavy (non-hydrogen) atoms. The summed E-state index contributed by atoms with van der Waals surface area (Å²) >= 11 is 0. The molecular formula is C24H28N4O7S. The van der Waals surface area contributed by atoms with Gasteiger partial charge in [0.15, 0.2) is 0 Å². The third-order valence-corrected chi connectivity index (χ3v) is 7.63. The average molecular weight is 517 g/mol. The number of nitrogens with one attached hydrogen (secondary N) is 1. The van der Waals surface area contributed by atoms with Gasteiger partial charge in [-0.3, -0.25) is 4.79 Å². The van der Waals surface area contributed by atoms with Crippen LogP contribution in [0.1, 0.15) is 17.9 Å². The highest BCUT2D eigenvalue weighted by molar-refractivity contribution is 7.89. The normalized spacial score (nSPS) is 14.4. The van der Waals surface area contributed by atoms with Crippen molar-refractivity contribution in [2.75, 3.05) is 40.5 Å². The molecule has 0 aliphatic carbocycles. The van der Waals surface area contributed by atoms with Crippen LogP contribution >= 0.6 is 0 Å². The monoisotopic (exact) mass is 516 g/mol. The van der Waals surface area contributed by atoms with Gasteiger partial charge >= 0.3 is 0 Å². The number of benzene rings is 2. The number of amides is 1. The molecule has 1 aromatic heterocycles. The quantitative estimate of drug-likeness (QED) is 0.430. The fourth-order valence-electron chi connectivity index (χ4n) is 3.74. The fraction of sp³-hybridized carbons (Fsp3) is 0.375. The van der Waals surface area contributed by atoms with Gasteiger partial charge in [-0.05, 0) is 54.4 Å². The smallest absolute Gasteiger partial charge is 0.246 e. The van der Waals surface area contributed by atoms with E-state index in [4.69, 9.17) is 18.7 Å². The Hall–Kier alpha value is -3.48. The molecule has 0 unspecified atom stereocenters. The van der Waals surface area contributed by atoms with E-state index in [1.165, 1.54) is 17.5 Å². The number of sulfonamides is 1. The summed E-state index contributed by atoms with van der Waals surface area (Å²) in [6, 6.07) is 11.9. The molecule has 0 bridgehead atoms. The van der Waals surface area contributed by atoms with Crippen LogP contribution in [0, 0.1) is 0 Å². The Kier molecular flexibility index (Phi) is 8.18. The Morgan fingerprint density at radius 2 is 1.83 bits per heavy atom. The lowest BCUT2D eigenvalue weighted by atomic mass is 10.1. The number of aromatic nitrogens is 2. The molecule has 192 valence electrons. The second kappa shape index (κ2) is 11.5. The first-order valence-corrected chi connectivity index (χ1v) is 12.8. The van der Waals surface area contributed by atoms with Crippen molar-refractivity contribution >= 4 is 15.9 Å². The second-order valence-electron chi connectivity index (χ2n) is 8.01. The molecule has 0 saturated carbocycles. The molecule has 1 saturated heterocycles. The molecule has 2 aromatic carbocycles. The van der Waals surface area contributed by atoms with E-state index in [1.54, 1.807) is 31.4 Å². The lowest BCUT2D eigenvalue weighted by Crippen LogP contribution is -2.40. The van der Waals surface area contributed by atoms with Crippen molar-refractivity contribution in [1.82, 2.24) is 19.8 Å². The molecule has 1 N–H and O–H groups in total. The van der Waals surface area contributed by atoms with E-state index in [1.807, 2.05) is 12.1 Å². The molecule has 1 aliphatic heterocycles. The highest BCUT2D eigenvalue weighted by Crippen LogP contribution is 2.26. The number of morpholine rings is 1. The zero-order valence-corrected chi connectivity index (χ0v) is 20.9. The molecule has 0 spiro atoms. The number of nitrogens with zero attached hydrogens (tertiary/aromatic N) is 3. The SMILES string of the molecule is COc1ccc(-c2noc(CNC(=O)CCc3cc(S(=O)(=O)N4CCOCC4)ccc3OC)n2)cc1. The summed E-state index contributed by atoms with van der Waals surface area (Å²) in [5.74, 6) is 1.67. The Morgan fingerprint density at radius 3 is 2.53 bits per heavy atom. The lowest BCUT2D eigenvalue weighted by Gasteiger charge is -2.26. The van der Waals surface area contributed by atoms with Crippen molar-refractivity contribution in [3.8, 4) is 22.9 Å². The third-order valence-electron chi connectivity index (χ3n) is 5.73. The van der Waals surface area contributed by atoms with Crippen LogP contribution in [0.5, 0.6) is 11.5 Å². The number of hydrogen-bond donors (Lipinski definition) is 1. The Morgan fingerprint density at radius 1 is 1.08 bits per heavy atom. The minimum atomic E-state index is -3.66. The van der Waals surface area contributed by atoms with Crippen LogP contribution in [0.3, 0.4) is 0 Å². The highest BCUT2D eigenvalue weighted by atomic mass is 32.2. The molecule has 1 amide bonds.